The van der Waals surface area contributed by atoms with Crippen LogP contribution in [0.25, 0.3) is 0 Å². The number of hydrogen-bond acceptors (Lipinski definition) is 4. The van der Waals surface area contributed by atoms with E-state index in [1.807, 2.05) is 44.2 Å². The highest BCUT2D eigenvalue weighted by molar-refractivity contribution is 5.93. The van der Waals surface area contributed by atoms with Crippen molar-refractivity contribution >= 4 is 11.7 Å². The van der Waals surface area contributed by atoms with Gasteiger partial charge in [-0.1, -0.05) is 12.1 Å². The molecule has 0 unspecified atom stereocenters. The Morgan fingerprint density at radius 1 is 1.28 bits per heavy atom. The van der Waals surface area contributed by atoms with Gasteiger partial charge in [0, 0.05) is 6.07 Å². The average Bonchev–Trinajstić information content (AvgIpc) is 3.25. The zero-order valence-electron chi connectivity index (χ0n) is 14.5. The van der Waals surface area contributed by atoms with E-state index in [0.717, 1.165) is 16.9 Å². The standard InChI is InChI=1S/C19H21N3O3/c1-13-6-4-8-17(14(13)2)25-15(3)19(23)21-18-9-10-20-22(18)12-16-7-5-11-24-16/h4-11,15H,12H2,1-3H3,(H,21,23)/t15-/m0/s1. The SMILES string of the molecule is Cc1cccc(O[C@@H](C)C(=O)Nc2ccnn2Cc2ccco2)c1C. The van der Waals surface area contributed by atoms with Gasteiger partial charge in [0.1, 0.15) is 23.9 Å². The number of nitrogens with one attached hydrogen (secondary N) is 1. The van der Waals surface area contributed by atoms with Gasteiger partial charge < -0.3 is 14.5 Å². The van der Waals surface area contributed by atoms with Crippen molar-refractivity contribution in [3.8, 4) is 5.75 Å². The lowest BCUT2D eigenvalue weighted by atomic mass is 10.1. The zero-order chi connectivity index (χ0) is 17.8. The van der Waals surface area contributed by atoms with Crippen molar-refractivity contribution in [1.82, 2.24) is 9.78 Å². The van der Waals surface area contributed by atoms with Gasteiger partial charge in [0.15, 0.2) is 6.10 Å². The first-order valence-corrected chi connectivity index (χ1v) is 8.12. The fourth-order valence-corrected chi connectivity index (χ4v) is 2.44. The molecule has 6 heteroatoms. The number of carbonyl (C=O) groups is 1. The lowest BCUT2D eigenvalue weighted by Gasteiger charge is -2.17. The van der Waals surface area contributed by atoms with Crippen molar-refractivity contribution < 1.29 is 13.9 Å². The van der Waals surface area contributed by atoms with E-state index in [1.54, 1.807) is 30.1 Å². The Labute approximate surface area is 146 Å². The molecule has 3 rings (SSSR count). The van der Waals surface area contributed by atoms with Crippen LogP contribution in [0.15, 0.2) is 53.3 Å². The Morgan fingerprint density at radius 2 is 2.12 bits per heavy atom. The van der Waals surface area contributed by atoms with Crippen LogP contribution in [0.4, 0.5) is 5.82 Å². The maximum Gasteiger partial charge on any atom is 0.266 e. The van der Waals surface area contributed by atoms with E-state index in [2.05, 4.69) is 10.4 Å². The molecule has 0 saturated heterocycles. The van der Waals surface area contributed by atoms with Gasteiger partial charge in [-0.15, -0.1) is 0 Å². The largest absolute Gasteiger partial charge is 0.481 e. The number of amides is 1. The first-order chi connectivity index (χ1) is 12.0. The summed E-state index contributed by atoms with van der Waals surface area (Å²) in [6.45, 7) is 6.17. The molecule has 6 nitrogen and oxygen atoms in total. The molecule has 2 heterocycles. The number of benzene rings is 1. The molecule has 0 fully saturated rings. The fraction of sp³-hybridized carbons (Fsp3) is 0.263. The topological polar surface area (TPSA) is 69.3 Å². The molecule has 0 saturated carbocycles. The summed E-state index contributed by atoms with van der Waals surface area (Å²) in [7, 11) is 0. The monoisotopic (exact) mass is 339 g/mol. The molecular weight excluding hydrogens is 318 g/mol. The smallest absolute Gasteiger partial charge is 0.266 e. The van der Waals surface area contributed by atoms with E-state index in [-0.39, 0.29) is 5.91 Å². The molecule has 25 heavy (non-hydrogen) atoms. The molecule has 2 aromatic heterocycles. The summed E-state index contributed by atoms with van der Waals surface area (Å²) < 4.78 is 12.8. The molecule has 0 aliphatic carbocycles. The van der Waals surface area contributed by atoms with Crippen LogP contribution in [0.5, 0.6) is 5.75 Å². The predicted molar refractivity (Wildman–Crippen MR) is 94.7 cm³/mol. The van der Waals surface area contributed by atoms with Gasteiger partial charge in [-0.25, -0.2) is 4.68 Å². The highest BCUT2D eigenvalue weighted by atomic mass is 16.5. The molecule has 0 aliphatic rings. The van der Waals surface area contributed by atoms with Crippen molar-refractivity contribution in [2.24, 2.45) is 0 Å². The number of ether oxygens (including phenoxy) is 1. The van der Waals surface area contributed by atoms with Gasteiger partial charge >= 0.3 is 0 Å². The minimum Gasteiger partial charge on any atom is -0.481 e. The maximum atomic E-state index is 12.5. The summed E-state index contributed by atoms with van der Waals surface area (Å²) in [6, 6.07) is 11.2. The van der Waals surface area contributed by atoms with Gasteiger partial charge in [-0.3, -0.25) is 4.79 Å². The van der Waals surface area contributed by atoms with Crippen LogP contribution in [0.3, 0.4) is 0 Å². The fourth-order valence-electron chi connectivity index (χ4n) is 2.44. The lowest BCUT2D eigenvalue weighted by molar-refractivity contribution is -0.122. The minimum atomic E-state index is -0.632. The van der Waals surface area contributed by atoms with Crippen LogP contribution in [0, 0.1) is 13.8 Å². The van der Waals surface area contributed by atoms with Crippen molar-refractivity contribution in [2.45, 2.75) is 33.4 Å². The van der Waals surface area contributed by atoms with E-state index in [0.29, 0.717) is 18.1 Å². The van der Waals surface area contributed by atoms with Crippen LogP contribution in [0.2, 0.25) is 0 Å². The van der Waals surface area contributed by atoms with Crippen LogP contribution in [0.1, 0.15) is 23.8 Å². The first-order valence-electron chi connectivity index (χ1n) is 8.12. The Balaban J connectivity index is 1.66. The third-order valence-electron chi connectivity index (χ3n) is 4.08. The van der Waals surface area contributed by atoms with Gasteiger partial charge in [-0.05, 0) is 50.1 Å². The minimum absolute atomic E-state index is 0.234. The number of carbonyl (C=O) groups excluding carboxylic acids is 1. The molecule has 0 radical (unpaired) electrons. The molecule has 0 aliphatic heterocycles. The number of rotatable bonds is 6. The predicted octanol–water partition coefficient (Wildman–Crippen LogP) is 3.55. The number of anilines is 1. The van der Waals surface area contributed by atoms with Gasteiger partial charge in [0.05, 0.1) is 12.5 Å². The third kappa shape index (κ3) is 3.91. The molecule has 130 valence electrons. The first kappa shape index (κ1) is 16.8. The Bertz CT molecular complexity index is 853. The van der Waals surface area contributed by atoms with Crippen LogP contribution < -0.4 is 10.1 Å². The maximum absolute atomic E-state index is 12.5. The van der Waals surface area contributed by atoms with E-state index in [1.165, 1.54) is 0 Å². The summed E-state index contributed by atoms with van der Waals surface area (Å²) >= 11 is 0. The molecule has 1 N–H and O–H groups in total. The molecule has 1 aromatic carbocycles. The Hall–Kier alpha value is -3.02. The Morgan fingerprint density at radius 3 is 2.88 bits per heavy atom. The van der Waals surface area contributed by atoms with E-state index >= 15 is 0 Å². The Kier molecular flexibility index (Phi) is 4.88. The van der Waals surface area contributed by atoms with E-state index in [9.17, 15) is 4.79 Å². The number of hydrogen-bond donors (Lipinski definition) is 1. The molecule has 3 aromatic rings. The summed E-state index contributed by atoms with van der Waals surface area (Å²) in [5.74, 6) is 1.84. The number of aryl methyl sites for hydroxylation is 1. The third-order valence-corrected chi connectivity index (χ3v) is 4.08. The van der Waals surface area contributed by atoms with Crippen molar-refractivity contribution in [2.75, 3.05) is 5.32 Å². The van der Waals surface area contributed by atoms with Crippen LogP contribution in [-0.4, -0.2) is 21.8 Å². The molecule has 1 amide bonds. The summed E-state index contributed by atoms with van der Waals surface area (Å²) in [4.78, 5) is 12.5. The highest BCUT2D eigenvalue weighted by Crippen LogP contribution is 2.22. The summed E-state index contributed by atoms with van der Waals surface area (Å²) in [6.07, 6.45) is 2.61. The number of aromatic nitrogens is 2. The number of furan rings is 1. The summed E-state index contributed by atoms with van der Waals surface area (Å²) in [5.41, 5.74) is 2.16. The average molecular weight is 339 g/mol. The highest BCUT2D eigenvalue weighted by Gasteiger charge is 2.18. The van der Waals surface area contributed by atoms with Crippen LogP contribution >= 0.6 is 0 Å². The van der Waals surface area contributed by atoms with Gasteiger partial charge in [-0.2, -0.15) is 5.10 Å². The second kappa shape index (κ2) is 7.25. The lowest BCUT2D eigenvalue weighted by Crippen LogP contribution is -2.31. The van der Waals surface area contributed by atoms with Crippen molar-refractivity contribution in [1.29, 1.82) is 0 Å². The number of nitrogens with zero attached hydrogens (tertiary/aromatic N) is 2. The van der Waals surface area contributed by atoms with Crippen LogP contribution in [-0.2, 0) is 11.3 Å². The summed E-state index contributed by atoms with van der Waals surface area (Å²) in [5, 5.41) is 7.07. The second-order valence-electron chi connectivity index (χ2n) is 5.90. The normalized spacial score (nSPS) is 12.0. The zero-order valence-corrected chi connectivity index (χ0v) is 14.5. The van der Waals surface area contributed by atoms with Gasteiger partial charge in [0.2, 0.25) is 0 Å². The quantitative estimate of drug-likeness (QED) is 0.746. The van der Waals surface area contributed by atoms with Crippen molar-refractivity contribution in [3.63, 3.8) is 0 Å². The van der Waals surface area contributed by atoms with E-state index < -0.39 is 6.10 Å². The molecule has 1 atom stereocenters. The molecule has 0 bridgehead atoms. The van der Waals surface area contributed by atoms with Gasteiger partial charge in [0.25, 0.3) is 5.91 Å². The second-order valence-corrected chi connectivity index (χ2v) is 5.90. The van der Waals surface area contributed by atoms with E-state index in [4.69, 9.17) is 9.15 Å². The van der Waals surface area contributed by atoms with Crippen molar-refractivity contribution in [3.05, 3.63) is 65.7 Å². The molecule has 0 spiro atoms. The molecular formula is C19H21N3O3.